The Hall–Kier alpha value is -3.02. The number of carbonyl (C=O) groups excluding carboxylic acids is 2. The summed E-state index contributed by atoms with van der Waals surface area (Å²) in [6, 6.07) is 13.8. The Kier molecular flexibility index (Phi) is 5.11. The third-order valence-corrected chi connectivity index (χ3v) is 4.61. The minimum Gasteiger partial charge on any atom is -0.497 e. The van der Waals surface area contributed by atoms with Gasteiger partial charge in [0.15, 0.2) is 0 Å². The Morgan fingerprint density at radius 2 is 1.81 bits per heavy atom. The van der Waals surface area contributed by atoms with E-state index in [1.807, 2.05) is 24.3 Å². The Labute approximate surface area is 152 Å². The summed E-state index contributed by atoms with van der Waals surface area (Å²) in [5, 5.41) is 0. The van der Waals surface area contributed by atoms with Crippen LogP contribution in [0.1, 0.15) is 17.3 Å². The molecule has 0 spiro atoms. The summed E-state index contributed by atoms with van der Waals surface area (Å²) in [7, 11) is 3.14. The largest absolute Gasteiger partial charge is 0.497 e. The molecule has 26 heavy (non-hydrogen) atoms. The number of amides is 2. The number of hydrogen-bond acceptors (Lipinski definition) is 4. The molecule has 0 aliphatic carbocycles. The van der Waals surface area contributed by atoms with Gasteiger partial charge in [-0.2, -0.15) is 0 Å². The quantitative estimate of drug-likeness (QED) is 0.847. The SMILES string of the molecule is COc1cccc(C(=O)N2CCN(c3ccccc3OC)C(=O)[C@H]2C)c1. The number of rotatable bonds is 4. The molecule has 2 aromatic carbocycles. The summed E-state index contributed by atoms with van der Waals surface area (Å²) >= 11 is 0. The minimum atomic E-state index is -0.563. The van der Waals surface area contributed by atoms with E-state index in [0.29, 0.717) is 30.2 Å². The van der Waals surface area contributed by atoms with Gasteiger partial charge in [-0.1, -0.05) is 18.2 Å². The lowest BCUT2D eigenvalue weighted by Crippen LogP contribution is -2.57. The van der Waals surface area contributed by atoms with Crippen LogP contribution in [0.25, 0.3) is 0 Å². The maximum atomic E-state index is 12.9. The average molecular weight is 354 g/mol. The van der Waals surface area contributed by atoms with Crippen LogP contribution in [0.15, 0.2) is 48.5 Å². The Bertz CT molecular complexity index is 821. The number of para-hydroxylation sites is 2. The normalized spacial score (nSPS) is 17.2. The molecule has 136 valence electrons. The molecule has 1 fully saturated rings. The zero-order valence-corrected chi connectivity index (χ0v) is 15.1. The summed E-state index contributed by atoms with van der Waals surface area (Å²) in [5.41, 5.74) is 1.23. The molecule has 0 aromatic heterocycles. The van der Waals surface area contributed by atoms with E-state index in [9.17, 15) is 9.59 Å². The monoisotopic (exact) mass is 354 g/mol. The summed E-state index contributed by atoms with van der Waals surface area (Å²) in [4.78, 5) is 29.1. The predicted molar refractivity (Wildman–Crippen MR) is 98.8 cm³/mol. The first kappa shape index (κ1) is 17.8. The van der Waals surface area contributed by atoms with Crippen LogP contribution in [0.5, 0.6) is 11.5 Å². The third-order valence-electron chi connectivity index (χ3n) is 4.61. The highest BCUT2D eigenvalue weighted by atomic mass is 16.5. The lowest BCUT2D eigenvalue weighted by atomic mass is 10.1. The van der Waals surface area contributed by atoms with Gasteiger partial charge < -0.3 is 19.3 Å². The lowest BCUT2D eigenvalue weighted by molar-refractivity contribution is -0.124. The standard InChI is InChI=1S/C20H22N2O4/c1-14-19(23)22(17-9-4-5-10-18(17)26-3)12-11-21(14)20(24)15-7-6-8-16(13-15)25-2/h4-10,13-14H,11-12H2,1-3H3/t14-/m1/s1. The van der Waals surface area contributed by atoms with Gasteiger partial charge in [0.25, 0.3) is 5.91 Å². The van der Waals surface area contributed by atoms with Crippen LogP contribution in [0.3, 0.4) is 0 Å². The molecule has 0 N–H and O–H groups in total. The number of hydrogen-bond donors (Lipinski definition) is 0. The molecule has 1 aliphatic rings. The second kappa shape index (κ2) is 7.47. The fourth-order valence-electron chi connectivity index (χ4n) is 3.16. The van der Waals surface area contributed by atoms with Gasteiger partial charge in [-0.15, -0.1) is 0 Å². The zero-order chi connectivity index (χ0) is 18.7. The number of benzene rings is 2. The van der Waals surface area contributed by atoms with Crippen LogP contribution >= 0.6 is 0 Å². The van der Waals surface area contributed by atoms with E-state index in [0.717, 1.165) is 5.69 Å². The van der Waals surface area contributed by atoms with Crippen molar-refractivity contribution in [3.8, 4) is 11.5 Å². The first-order valence-corrected chi connectivity index (χ1v) is 8.46. The highest BCUT2D eigenvalue weighted by molar-refractivity contribution is 6.04. The Morgan fingerprint density at radius 3 is 2.54 bits per heavy atom. The van der Waals surface area contributed by atoms with Crippen LogP contribution in [0.2, 0.25) is 0 Å². The predicted octanol–water partition coefficient (Wildman–Crippen LogP) is 2.58. The van der Waals surface area contributed by atoms with Crippen molar-refractivity contribution in [2.24, 2.45) is 0 Å². The van der Waals surface area contributed by atoms with Crippen molar-refractivity contribution < 1.29 is 19.1 Å². The summed E-state index contributed by atoms with van der Waals surface area (Å²) in [5.74, 6) is 0.949. The molecule has 0 saturated carbocycles. The van der Waals surface area contributed by atoms with Gasteiger partial charge in [0, 0.05) is 18.7 Å². The van der Waals surface area contributed by atoms with Crippen LogP contribution < -0.4 is 14.4 Å². The van der Waals surface area contributed by atoms with Crippen molar-refractivity contribution >= 4 is 17.5 Å². The summed E-state index contributed by atoms with van der Waals surface area (Å²) in [6.45, 7) is 2.61. The molecule has 2 amide bonds. The van der Waals surface area contributed by atoms with E-state index >= 15 is 0 Å². The van der Waals surface area contributed by atoms with Gasteiger partial charge in [-0.3, -0.25) is 9.59 Å². The first-order valence-electron chi connectivity index (χ1n) is 8.46. The highest BCUT2D eigenvalue weighted by Gasteiger charge is 2.36. The third kappa shape index (κ3) is 3.22. The molecule has 6 heteroatoms. The number of piperazine rings is 1. The zero-order valence-electron chi connectivity index (χ0n) is 15.1. The van der Waals surface area contributed by atoms with Crippen molar-refractivity contribution in [1.82, 2.24) is 4.90 Å². The molecular formula is C20H22N2O4. The van der Waals surface area contributed by atoms with E-state index in [2.05, 4.69) is 0 Å². The van der Waals surface area contributed by atoms with E-state index in [1.165, 1.54) is 0 Å². The molecule has 1 aliphatic heterocycles. The topological polar surface area (TPSA) is 59.1 Å². The van der Waals surface area contributed by atoms with E-state index in [-0.39, 0.29) is 11.8 Å². The summed E-state index contributed by atoms with van der Waals surface area (Å²) < 4.78 is 10.5. The maximum Gasteiger partial charge on any atom is 0.254 e. The summed E-state index contributed by atoms with van der Waals surface area (Å²) in [6.07, 6.45) is 0. The van der Waals surface area contributed by atoms with Gasteiger partial charge in [-0.25, -0.2) is 0 Å². The Morgan fingerprint density at radius 1 is 1.04 bits per heavy atom. The van der Waals surface area contributed by atoms with Crippen molar-refractivity contribution in [2.45, 2.75) is 13.0 Å². The Balaban J connectivity index is 1.82. The van der Waals surface area contributed by atoms with Gasteiger partial charge in [0.2, 0.25) is 5.91 Å². The molecule has 2 aromatic rings. The minimum absolute atomic E-state index is 0.128. The van der Waals surface area contributed by atoms with Gasteiger partial charge >= 0.3 is 0 Å². The van der Waals surface area contributed by atoms with E-state index < -0.39 is 6.04 Å². The molecule has 6 nitrogen and oxygen atoms in total. The number of nitrogens with zero attached hydrogens (tertiary/aromatic N) is 2. The van der Waals surface area contributed by atoms with Crippen LogP contribution in [-0.2, 0) is 4.79 Å². The van der Waals surface area contributed by atoms with Crippen LogP contribution in [0.4, 0.5) is 5.69 Å². The van der Waals surface area contributed by atoms with Gasteiger partial charge in [0.1, 0.15) is 17.5 Å². The first-order chi connectivity index (χ1) is 12.6. The van der Waals surface area contributed by atoms with Crippen molar-refractivity contribution in [1.29, 1.82) is 0 Å². The molecule has 1 heterocycles. The number of anilines is 1. The molecule has 0 bridgehead atoms. The molecule has 0 radical (unpaired) electrons. The van der Waals surface area contributed by atoms with Crippen LogP contribution in [0, 0.1) is 0 Å². The second-order valence-corrected chi connectivity index (χ2v) is 6.07. The molecule has 0 unspecified atom stereocenters. The lowest BCUT2D eigenvalue weighted by Gasteiger charge is -2.39. The fourth-order valence-corrected chi connectivity index (χ4v) is 3.16. The molecular weight excluding hydrogens is 332 g/mol. The second-order valence-electron chi connectivity index (χ2n) is 6.07. The van der Waals surface area contributed by atoms with Crippen LogP contribution in [-0.4, -0.2) is 50.1 Å². The van der Waals surface area contributed by atoms with Crippen molar-refractivity contribution in [2.75, 3.05) is 32.2 Å². The number of carbonyl (C=O) groups is 2. The maximum absolute atomic E-state index is 12.9. The molecule has 1 atom stereocenters. The number of methoxy groups -OCH3 is 2. The molecule has 1 saturated heterocycles. The van der Waals surface area contributed by atoms with Gasteiger partial charge in [0.05, 0.1) is 19.9 Å². The van der Waals surface area contributed by atoms with E-state index in [4.69, 9.17) is 9.47 Å². The fraction of sp³-hybridized carbons (Fsp3) is 0.300. The smallest absolute Gasteiger partial charge is 0.254 e. The van der Waals surface area contributed by atoms with Gasteiger partial charge in [-0.05, 0) is 37.3 Å². The molecule has 3 rings (SSSR count). The average Bonchev–Trinajstić information content (AvgIpc) is 2.69. The highest BCUT2D eigenvalue weighted by Crippen LogP contribution is 2.30. The van der Waals surface area contributed by atoms with E-state index in [1.54, 1.807) is 55.2 Å². The van der Waals surface area contributed by atoms with Crippen molar-refractivity contribution in [3.05, 3.63) is 54.1 Å². The van der Waals surface area contributed by atoms with Crippen molar-refractivity contribution in [3.63, 3.8) is 0 Å². The number of ether oxygens (including phenoxy) is 2.